The van der Waals surface area contributed by atoms with Gasteiger partial charge in [0.1, 0.15) is 6.04 Å². The maximum Gasteiger partial charge on any atom is 0.327 e. The molecule has 13 heavy (non-hydrogen) atoms. The van der Waals surface area contributed by atoms with Crippen molar-refractivity contribution in [2.75, 3.05) is 19.7 Å². The van der Waals surface area contributed by atoms with E-state index in [0.717, 1.165) is 0 Å². The lowest BCUT2D eigenvalue weighted by Gasteiger charge is -2.16. The molecule has 1 heterocycles. The average Bonchev–Trinajstić information content (AvgIpc) is 2.31. The maximum absolute atomic E-state index is 11.5. The first-order chi connectivity index (χ1) is 6.13. The Bertz CT molecular complexity index is 229. The molecule has 0 aliphatic carbocycles. The Morgan fingerprint density at radius 2 is 2.08 bits per heavy atom. The Balaban J connectivity index is 2.78. The Morgan fingerprint density at radius 1 is 1.46 bits per heavy atom. The van der Waals surface area contributed by atoms with Crippen molar-refractivity contribution in [3.63, 3.8) is 0 Å². The Kier molecular flexibility index (Phi) is 2.87. The molecule has 0 aromatic heterocycles. The van der Waals surface area contributed by atoms with Gasteiger partial charge in [-0.25, -0.2) is 4.79 Å². The topological polar surface area (TPSA) is 60.9 Å². The van der Waals surface area contributed by atoms with Gasteiger partial charge in [-0.3, -0.25) is 9.69 Å². The van der Waals surface area contributed by atoms with Crippen LogP contribution in [0.25, 0.3) is 0 Å². The van der Waals surface area contributed by atoms with E-state index in [2.05, 4.69) is 0 Å². The fourth-order valence-electron chi connectivity index (χ4n) is 1.46. The zero-order valence-corrected chi connectivity index (χ0v) is 7.86. The van der Waals surface area contributed by atoms with Gasteiger partial charge in [0.15, 0.2) is 0 Å². The summed E-state index contributed by atoms with van der Waals surface area (Å²) in [6.07, 6.45) is 0. The number of carbonyl (C=O) groups is 2. The number of carbonyl (C=O) groups excluding carboxylic acids is 2. The van der Waals surface area contributed by atoms with Crippen molar-refractivity contribution in [2.24, 2.45) is 0 Å². The Labute approximate surface area is 76.9 Å². The van der Waals surface area contributed by atoms with Crippen molar-refractivity contribution in [3.8, 4) is 0 Å². The third-order valence-corrected chi connectivity index (χ3v) is 2.22. The minimum absolute atomic E-state index is 0.110. The summed E-state index contributed by atoms with van der Waals surface area (Å²) in [7, 11) is 0. The molecule has 74 valence electrons. The minimum atomic E-state index is -0.431. The minimum Gasteiger partial charge on any atom is -0.395 e. The highest BCUT2D eigenvalue weighted by Gasteiger charge is 2.40. The number of imide groups is 1. The maximum atomic E-state index is 11.5. The molecule has 3 amide bonds. The van der Waals surface area contributed by atoms with Gasteiger partial charge in [0.25, 0.3) is 5.91 Å². The van der Waals surface area contributed by atoms with Gasteiger partial charge >= 0.3 is 6.03 Å². The largest absolute Gasteiger partial charge is 0.395 e. The van der Waals surface area contributed by atoms with Crippen LogP contribution in [0.5, 0.6) is 0 Å². The lowest BCUT2D eigenvalue weighted by molar-refractivity contribution is -0.127. The molecule has 1 unspecified atom stereocenters. The molecular weight excluding hydrogens is 172 g/mol. The number of likely N-dealkylation sites (N-methyl/N-ethyl adjacent to an activating group) is 1. The fourth-order valence-corrected chi connectivity index (χ4v) is 1.46. The molecule has 1 fully saturated rings. The van der Waals surface area contributed by atoms with Crippen LogP contribution in [0, 0.1) is 0 Å². The van der Waals surface area contributed by atoms with E-state index in [9.17, 15) is 9.59 Å². The summed E-state index contributed by atoms with van der Waals surface area (Å²) in [4.78, 5) is 25.5. The third kappa shape index (κ3) is 1.51. The van der Waals surface area contributed by atoms with Crippen LogP contribution < -0.4 is 0 Å². The number of aliphatic hydroxyl groups excluding tert-OH is 1. The summed E-state index contributed by atoms with van der Waals surface area (Å²) < 4.78 is 0. The number of β-amino-alcohol motifs (C(OH)–C–C–N with tert-alkyl or cyclic N) is 1. The molecule has 1 aliphatic rings. The zero-order valence-electron chi connectivity index (χ0n) is 7.86. The SMILES string of the molecule is CCN1C(=O)C(C)N(CCO)C1=O. The van der Waals surface area contributed by atoms with Crippen LogP contribution >= 0.6 is 0 Å². The highest BCUT2D eigenvalue weighted by Crippen LogP contribution is 2.15. The average molecular weight is 186 g/mol. The van der Waals surface area contributed by atoms with Gasteiger partial charge in [0.2, 0.25) is 0 Å². The first-order valence-corrected chi connectivity index (χ1v) is 4.36. The first kappa shape index (κ1) is 9.98. The van der Waals surface area contributed by atoms with Gasteiger partial charge < -0.3 is 10.0 Å². The number of amides is 3. The highest BCUT2D eigenvalue weighted by atomic mass is 16.3. The predicted molar refractivity (Wildman–Crippen MR) is 46.0 cm³/mol. The number of hydrogen-bond acceptors (Lipinski definition) is 3. The Hall–Kier alpha value is -1.10. The van der Waals surface area contributed by atoms with Gasteiger partial charge in [0, 0.05) is 13.1 Å². The van der Waals surface area contributed by atoms with E-state index in [4.69, 9.17) is 5.11 Å². The molecule has 0 aromatic rings. The lowest BCUT2D eigenvalue weighted by Crippen LogP contribution is -2.35. The standard InChI is InChI=1S/C8H14N2O3/c1-3-9-7(12)6(2)10(4-5-11)8(9)13/h6,11H,3-5H2,1-2H3. The van der Waals surface area contributed by atoms with Crippen LogP contribution in [-0.4, -0.2) is 52.6 Å². The third-order valence-electron chi connectivity index (χ3n) is 2.22. The molecule has 1 N–H and O–H groups in total. The van der Waals surface area contributed by atoms with Crippen molar-refractivity contribution in [1.82, 2.24) is 9.80 Å². The number of hydrogen-bond donors (Lipinski definition) is 1. The lowest BCUT2D eigenvalue weighted by atomic mass is 10.3. The summed E-state index contributed by atoms with van der Waals surface area (Å²) >= 11 is 0. The molecule has 5 heteroatoms. The van der Waals surface area contributed by atoms with Crippen LogP contribution in [0.2, 0.25) is 0 Å². The smallest absolute Gasteiger partial charge is 0.327 e. The van der Waals surface area contributed by atoms with Crippen molar-refractivity contribution >= 4 is 11.9 Å². The normalized spacial score (nSPS) is 23.2. The van der Waals surface area contributed by atoms with Crippen molar-refractivity contribution in [3.05, 3.63) is 0 Å². The van der Waals surface area contributed by atoms with Gasteiger partial charge in [-0.05, 0) is 13.8 Å². The van der Waals surface area contributed by atoms with E-state index in [1.165, 1.54) is 9.80 Å². The second kappa shape index (κ2) is 3.74. The van der Waals surface area contributed by atoms with Gasteiger partial charge in [0.05, 0.1) is 6.61 Å². The second-order valence-corrected chi connectivity index (χ2v) is 2.96. The number of rotatable bonds is 3. The summed E-state index contributed by atoms with van der Waals surface area (Å²) in [5, 5.41) is 8.68. The molecule has 0 radical (unpaired) electrons. The van der Waals surface area contributed by atoms with E-state index in [1.807, 2.05) is 0 Å². The molecule has 5 nitrogen and oxygen atoms in total. The fraction of sp³-hybridized carbons (Fsp3) is 0.750. The van der Waals surface area contributed by atoms with Crippen molar-refractivity contribution in [2.45, 2.75) is 19.9 Å². The first-order valence-electron chi connectivity index (χ1n) is 4.36. The van der Waals surface area contributed by atoms with Crippen LogP contribution in [0.3, 0.4) is 0 Å². The Morgan fingerprint density at radius 3 is 2.46 bits per heavy atom. The van der Waals surface area contributed by atoms with Crippen molar-refractivity contribution < 1.29 is 14.7 Å². The predicted octanol–water partition coefficient (Wildman–Crippen LogP) is -0.349. The summed E-state index contributed by atoms with van der Waals surface area (Å²) in [6.45, 7) is 3.93. The number of nitrogens with zero attached hydrogens (tertiary/aromatic N) is 2. The quantitative estimate of drug-likeness (QED) is 0.613. The summed E-state index contributed by atoms with van der Waals surface area (Å²) in [5.74, 6) is -0.180. The van der Waals surface area contributed by atoms with Gasteiger partial charge in [-0.1, -0.05) is 0 Å². The van der Waals surface area contributed by atoms with Crippen LogP contribution in [-0.2, 0) is 4.79 Å². The molecule has 0 bridgehead atoms. The van der Waals surface area contributed by atoms with E-state index < -0.39 is 6.04 Å². The van der Waals surface area contributed by atoms with E-state index >= 15 is 0 Å². The van der Waals surface area contributed by atoms with Crippen molar-refractivity contribution in [1.29, 1.82) is 0 Å². The molecule has 0 spiro atoms. The molecule has 1 aliphatic heterocycles. The van der Waals surface area contributed by atoms with Crippen LogP contribution in [0.1, 0.15) is 13.8 Å². The van der Waals surface area contributed by atoms with E-state index in [0.29, 0.717) is 6.54 Å². The second-order valence-electron chi connectivity index (χ2n) is 2.96. The zero-order chi connectivity index (χ0) is 10.0. The van der Waals surface area contributed by atoms with Gasteiger partial charge in [-0.15, -0.1) is 0 Å². The van der Waals surface area contributed by atoms with Gasteiger partial charge in [-0.2, -0.15) is 0 Å². The summed E-state index contributed by atoms with van der Waals surface area (Å²) in [5.41, 5.74) is 0. The number of aliphatic hydroxyl groups is 1. The van der Waals surface area contributed by atoms with Crippen LogP contribution in [0.4, 0.5) is 4.79 Å². The molecule has 1 saturated heterocycles. The van der Waals surface area contributed by atoms with E-state index in [1.54, 1.807) is 13.8 Å². The summed E-state index contributed by atoms with van der Waals surface area (Å²) in [6, 6.07) is -0.728. The molecule has 1 atom stereocenters. The monoisotopic (exact) mass is 186 g/mol. The van der Waals surface area contributed by atoms with Crippen LogP contribution in [0.15, 0.2) is 0 Å². The van der Waals surface area contributed by atoms with E-state index in [-0.39, 0.29) is 25.1 Å². The molecular formula is C8H14N2O3. The molecule has 0 saturated carbocycles. The molecule has 1 rings (SSSR count). The number of urea groups is 1. The highest BCUT2D eigenvalue weighted by molar-refractivity contribution is 6.03. The molecule has 0 aromatic carbocycles.